The van der Waals surface area contributed by atoms with Crippen molar-refractivity contribution in [2.45, 2.75) is 0 Å². The van der Waals surface area contributed by atoms with Crippen molar-refractivity contribution in [2.75, 3.05) is 0 Å². The Balaban J connectivity index is 0. The maximum Gasteiger partial charge on any atom is 0.668 e. The van der Waals surface area contributed by atoms with Crippen molar-refractivity contribution in [3.63, 3.8) is 0 Å². The van der Waals surface area contributed by atoms with Crippen molar-refractivity contribution in [2.24, 2.45) is 22.5 Å². The molecule has 9 nitrogen and oxygen atoms in total. The molecule has 0 aromatic rings. The maximum absolute atomic E-state index is 7.33. The van der Waals surface area contributed by atoms with Crippen molar-refractivity contribution in [1.29, 1.82) is 0 Å². The third-order valence-electron chi connectivity index (χ3n) is 0.287. The van der Waals surface area contributed by atoms with E-state index in [0.29, 0.717) is 0 Å². The molecule has 0 fully saturated rings. The molecule has 0 bridgehead atoms. The number of hydrogen-bond acceptors (Lipinski definition) is 7. The second kappa shape index (κ2) is 5.84. The minimum atomic E-state index is -4.61. The molecular weight excluding hydrogens is 174 g/mol. The predicted octanol–water partition coefficient (Wildman–Crippen LogP) is -4.97. The van der Waals surface area contributed by atoms with Crippen LogP contribution in [0.25, 0.3) is 0 Å². The monoisotopic (exact) mass is 185 g/mol. The molecule has 0 radical (unpaired) electrons. The molecule has 68 valence electrons. The normalized spacial score (nSPS) is 11.5. The lowest BCUT2D eigenvalue weighted by atomic mass is 11.1. The molecule has 11 heavy (non-hydrogen) atoms. The van der Waals surface area contributed by atoms with Crippen LogP contribution in [0.3, 0.4) is 0 Å². The van der Waals surface area contributed by atoms with E-state index in [4.69, 9.17) is 30.8 Å². The fraction of sp³-hybridized carbons (Fsp3) is 0. The van der Waals surface area contributed by atoms with Crippen molar-refractivity contribution < 1.29 is 19.2 Å². The number of rotatable bonds is 0. The summed E-state index contributed by atoms with van der Waals surface area (Å²) in [5.41, 5.74) is 6.88. The Morgan fingerprint density at radius 3 is 1.55 bits per heavy atom. The lowest BCUT2D eigenvalue weighted by Crippen LogP contribution is -2.37. The molecule has 0 rings (SSSR count). The van der Waals surface area contributed by atoms with Gasteiger partial charge in [-0.1, -0.05) is 0 Å². The highest BCUT2D eigenvalue weighted by Gasteiger charge is 2.22. The molecule has 0 aromatic heterocycles. The highest BCUT2D eigenvalue weighted by molar-refractivity contribution is 6.46. The quantitative estimate of drug-likeness (QED) is 0.0606. The summed E-state index contributed by atoms with van der Waals surface area (Å²) in [4.78, 5) is 29.3. The van der Waals surface area contributed by atoms with Crippen LogP contribution in [0.4, 0.5) is 0 Å². The summed E-state index contributed by atoms with van der Waals surface area (Å²) in [6, 6.07) is 0. The fourth-order valence-electron chi connectivity index (χ4n) is 0.0373. The summed E-state index contributed by atoms with van der Waals surface area (Å²) < 4.78 is 0. The molecule has 0 aliphatic heterocycles. The van der Waals surface area contributed by atoms with Gasteiger partial charge in [0, 0.05) is 0 Å². The van der Waals surface area contributed by atoms with E-state index in [2.05, 4.69) is 10.9 Å². The lowest BCUT2D eigenvalue weighted by molar-refractivity contribution is 0.117. The minimum absolute atomic E-state index is 0.0231. The van der Waals surface area contributed by atoms with Crippen molar-refractivity contribution in [3.8, 4) is 0 Å². The van der Waals surface area contributed by atoms with Gasteiger partial charge in [-0.3, -0.25) is 5.43 Å². The molecule has 0 aromatic carbocycles. The van der Waals surface area contributed by atoms with Crippen LogP contribution in [0.2, 0.25) is 0 Å². The van der Waals surface area contributed by atoms with Gasteiger partial charge in [0.05, 0.1) is 0 Å². The lowest BCUT2D eigenvalue weighted by Gasteiger charge is -1.91. The summed E-state index contributed by atoms with van der Waals surface area (Å²) in [5, 5.41) is 2.97. The van der Waals surface area contributed by atoms with Gasteiger partial charge in [0.2, 0.25) is 5.96 Å². The van der Waals surface area contributed by atoms with E-state index in [9.17, 15) is 0 Å². The van der Waals surface area contributed by atoms with E-state index in [1.165, 1.54) is 0 Å². The van der Waals surface area contributed by atoms with Crippen LogP contribution in [-0.4, -0.2) is 34.2 Å². The highest BCUT2D eigenvalue weighted by Crippen LogP contribution is 1.67. The minimum Gasteiger partial charge on any atom is -0.368 e. The van der Waals surface area contributed by atoms with E-state index < -0.39 is 9.05 Å². The summed E-state index contributed by atoms with van der Waals surface area (Å²) in [7, 11) is -4.61. The number of nitrogens with two attached hydrogens (primary N) is 3. The van der Waals surface area contributed by atoms with Gasteiger partial charge in [-0.05, 0) is 0 Å². The van der Waals surface area contributed by atoms with Gasteiger partial charge >= 0.3 is 9.05 Å². The molecule has 0 heterocycles. The zero-order chi connectivity index (χ0) is 9.49. The molecule has 0 aliphatic carbocycles. The van der Waals surface area contributed by atoms with Crippen LogP contribution in [0.1, 0.15) is 0 Å². The van der Waals surface area contributed by atoms with Crippen molar-refractivity contribution in [3.05, 3.63) is 0 Å². The van der Waals surface area contributed by atoms with Crippen LogP contribution in [0.5, 0.6) is 0 Å². The smallest absolute Gasteiger partial charge is 0.368 e. The Kier molecular flexibility index (Phi) is 6.76. The molecule has 0 saturated heterocycles. The van der Waals surface area contributed by atoms with Crippen LogP contribution in [0, 0.1) is 0 Å². The zero-order valence-corrected chi connectivity index (χ0v) is 6.47. The average Bonchev–Trinajstić information content (AvgIpc) is 1.83. The molecule has 0 atom stereocenters. The number of hydrazone groups is 1. The third kappa shape index (κ3) is 47.9. The van der Waals surface area contributed by atoms with Gasteiger partial charge < -0.3 is 30.8 Å². The van der Waals surface area contributed by atoms with Gasteiger partial charge in [0.25, 0.3) is 0 Å². The van der Waals surface area contributed by atoms with Crippen LogP contribution < -0.4 is 22.8 Å². The Hall–Kier alpha value is -0.913. The first-order valence-electron chi connectivity index (χ1n) is 2.20. The SMILES string of the molecule is NN=C(N)NN.O[Si](O)(O)O. The van der Waals surface area contributed by atoms with E-state index in [-0.39, 0.29) is 5.96 Å². The second-order valence-corrected chi connectivity index (χ2v) is 2.46. The van der Waals surface area contributed by atoms with Crippen LogP contribution >= 0.6 is 0 Å². The van der Waals surface area contributed by atoms with E-state index >= 15 is 0 Å². The van der Waals surface area contributed by atoms with Crippen LogP contribution in [0.15, 0.2) is 5.10 Å². The number of hydrazine groups is 1. The summed E-state index contributed by atoms with van der Waals surface area (Å²) >= 11 is 0. The first-order chi connectivity index (χ1) is 4.81. The molecule has 0 amide bonds. The molecule has 0 spiro atoms. The van der Waals surface area contributed by atoms with Gasteiger partial charge in [0.1, 0.15) is 0 Å². The summed E-state index contributed by atoms with van der Waals surface area (Å²) in [6.07, 6.45) is 0. The number of hydrogen-bond donors (Lipinski definition) is 8. The predicted molar refractivity (Wildman–Crippen MR) is 37.8 cm³/mol. The van der Waals surface area contributed by atoms with E-state index in [1.54, 1.807) is 0 Å². The largest absolute Gasteiger partial charge is 0.668 e. The summed E-state index contributed by atoms with van der Waals surface area (Å²) in [5.74, 6) is 9.32. The number of nitrogens with one attached hydrogen (secondary N) is 1. The zero-order valence-electron chi connectivity index (χ0n) is 5.47. The maximum atomic E-state index is 7.33. The Labute approximate surface area is 63.2 Å². The topological polar surface area (TPSA) is 183 Å². The average molecular weight is 185 g/mol. The molecule has 10 heteroatoms. The van der Waals surface area contributed by atoms with Gasteiger partial charge in [0.15, 0.2) is 0 Å². The van der Waals surface area contributed by atoms with E-state index in [0.717, 1.165) is 0 Å². The Morgan fingerprint density at radius 1 is 1.27 bits per heavy atom. The second-order valence-electron chi connectivity index (χ2n) is 1.26. The Morgan fingerprint density at radius 2 is 1.55 bits per heavy atom. The van der Waals surface area contributed by atoms with Gasteiger partial charge in [-0.2, -0.15) is 0 Å². The van der Waals surface area contributed by atoms with Crippen molar-refractivity contribution in [1.82, 2.24) is 5.43 Å². The number of nitrogens with zero attached hydrogens (tertiary/aromatic N) is 1. The van der Waals surface area contributed by atoms with Gasteiger partial charge in [-0.15, -0.1) is 5.10 Å². The third-order valence-corrected chi connectivity index (χ3v) is 0.287. The molecule has 0 unspecified atom stereocenters. The highest BCUT2D eigenvalue weighted by atomic mass is 28.4. The molecule has 0 saturated carbocycles. The van der Waals surface area contributed by atoms with E-state index in [1.807, 2.05) is 5.43 Å². The standard InChI is InChI=1S/CH7N5.H4O4Si/c2-1(5-3)6-4;1-5(2,3)4/h3-4H2,(H3,2,5,6);1-4H. The fourth-order valence-corrected chi connectivity index (χ4v) is 0.0373. The Bertz CT molecular complexity index is 114. The molecular formula is CH11N5O4Si. The molecule has 11 N–H and O–H groups in total. The first kappa shape index (κ1) is 12.7. The first-order valence-corrected chi connectivity index (χ1v) is 3.99. The molecule has 0 aliphatic rings. The summed E-state index contributed by atoms with van der Waals surface area (Å²) in [6.45, 7) is 0. The number of guanidine groups is 1. The van der Waals surface area contributed by atoms with Crippen molar-refractivity contribution >= 4 is 15.0 Å². The van der Waals surface area contributed by atoms with Crippen LogP contribution in [-0.2, 0) is 0 Å². The van der Waals surface area contributed by atoms with Gasteiger partial charge in [-0.25, -0.2) is 5.84 Å².